The van der Waals surface area contributed by atoms with Crippen molar-refractivity contribution in [3.05, 3.63) is 30.6 Å². The Morgan fingerprint density at radius 2 is 2.57 bits per heavy atom. The first-order chi connectivity index (χ1) is 6.83. The highest BCUT2D eigenvalue weighted by molar-refractivity contribution is 4.96. The van der Waals surface area contributed by atoms with Gasteiger partial charge in [0.05, 0.1) is 0 Å². The normalized spacial score (nSPS) is 12.6. The van der Waals surface area contributed by atoms with Crippen molar-refractivity contribution in [3.8, 4) is 0 Å². The molecule has 1 aromatic heterocycles. The summed E-state index contributed by atoms with van der Waals surface area (Å²) >= 11 is 0. The van der Waals surface area contributed by atoms with Crippen molar-refractivity contribution in [2.24, 2.45) is 0 Å². The minimum Gasteiger partial charge on any atom is -0.309 e. The number of H-pyrrole nitrogens is 1. The van der Waals surface area contributed by atoms with Crippen LogP contribution in [0.25, 0.3) is 0 Å². The molecule has 78 valence electrons. The quantitative estimate of drug-likeness (QED) is 0.515. The fourth-order valence-electron chi connectivity index (χ4n) is 1.34. The van der Waals surface area contributed by atoms with E-state index in [9.17, 15) is 0 Å². The van der Waals surface area contributed by atoms with Crippen molar-refractivity contribution >= 4 is 0 Å². The molecule has 0 aliphatic carbocycles. The van der Waals surface area contributed by atoms with Crippen molar-refractivity contribution in [2.45, 2.75) is 38.8 Å². The highest BCUT2D eigenvalue weighted by Gasteiger charge is 2.00. The first-order valence-corrected chi connectivity index (χ1v) is 5.15. The third-order valence-corrected chi connectivity index (χ3v) is 2.24. The van der Waals surface area contributed by atoms with E-state index in [0.29, 0.717) is 6.04 Å². The van der Waals surface area contributed by atoms with Crippen LogP contribution in [0.15, 0.2) is 24.9 Å². The van der Waals surface area contributed by atoms with Gasteiger partial charge in [0.15, 0.2) is 0 Å². The molecule has 3 nitrogen and oxygen atoms in total. The Balaban J connectivity index is 2.08. The van der Waals surface area contributed by atoms with Crippen LogP contribution in [0.4, 0.5) is 0 Å². The number of hydrogen-bond acceptors (Lipinski definition) is 2. The van der Waals surface area contributed by atoms with Gasteiger partial charge in [-0.15, -0.1) is 6.58 Å². The molecule has 14 heavy (non-hydrogen) atoms. The Morgan fingerprint density at radius 1 is 1.71 bits per heavy atom. The predicted molar refractivity (Wildman–Crippen MR) is 58.9 cm³/mol. The zero-order valence-electron chi connectivity index (χ0n) is 8.79. The van der Waals surface area contributed by atoms with Crippen LogP contribution in [-0.2, 0) is 6.54 Å². The van der Waals surface area contributed by atoms with E-state index in [1.54, 1.807) is 6.20 Å². The second-order valence-electron chi connectivity index (χ2n) is 3.58. The number of allylic oxidation sites excluding steroid dienone is 1. The molecule has 0 aliphatic heterocycles. The van der Waals surface area contributed by atoms with Crippen LogP contribution in [0.2, 0.25) is 0 Å². The van der Waals surface area contributed by atoms with Gasteiger partial charge in [-0.05, 0) is 32.3 Å². The van der Waals surface area contributed by atoms with Gasteiger partial charge in [-0.1, -0.05) is 6.08 Å². The molecule has 2 N–H and O–H groups in total. The van der Waals surface area contributed by atoms with Crippen molar-refractivity contribution in [1.29, 1.82) is 0 Å². The number of rotatable bonds is 7. The Labute approximate surface area is 85.6 Å². The van der Waals surface area contributed by atoms with Gasteiger partial charge in [0, 0.05) is 24.5 Å². The van der Waals surface area contributed by atoms with Gasteiger partial charge in [-0.3, -0.25) is 5.10 Å². The standard InChI is InChI=1S/C11H19N3/c1-3-4-5-6-10(2)12-9-11-7-8-13-14-11/h3,7-8,10,12H,1,4-6,9H2,2H3,(H,13,14). The van der Waals surface area contributed by atoms with Crippen molar-refractivity contribution in [3.63, 3.8) is 0 Å². The molecule has 1 atom stereocenters. The molecule has 1 rings (SSSR count). The highest BCUT2D eigenvalue weighted by Crippen LogP contribution is 2.01. The van der Waals surface area contributed by atoms with Gasteiger partial charge < -0.3 is 5.32 Å². The summed E-state index contributed by atoms with van der Waals surface area (Å²) in [4.78, 5) is 0. The molecule has 0 saturated carbocycles. The third kappa shape index (κ3) is 4.23. The first-order valence-electron chi connectivity index (χ1n) is 5.15. The number of aromatic amines is 1. The van der Waals surface area contributed by atoms with Crippen LogP contribution >= 0.6 is 0 Å². The lowest BCUT2D eigenvalue weighted by Gasteiger charge is -2.11. The highest BCUT2D eigenvalue weighted by atomic mass is 15.1. The number of nitrogens with zero attached hydrogens (tertiary/aromatic N) is 1. The second kappa shape index (κ2) is 6.38. The molecule has 0 aliphatic rings. The maximum absolute atomic E-state index is 3.90. The Bertz CT molecular complexity index is 241. The summed E-state index contributed by atoms with van der Waals surface area (Å²) in [6.07, 6.45) is 7.26. The van der Waals surface area contributed by atoms with E-state index >= 15 is 0 Å². The van der Waals surface area contributed by atoms with Gasteiger partial charge in [-0.25, -0.2) is 0 Å². The molecule has 0 amide bonds. The Hall–Kier alpha value is -1.09. The predicted octanol–water partition coefficient (Wildman–Crippen LogP) is 2.24. The second-order valence-corrected chi connectivity index (χ2v) is 3.58. The summed E-state index contributed by atoms with van der Waals surface area (Å²) in [5, 5.41) is 10.3. The summed E-state index contributed by atoms with van der Waals surface area (Å²) < 4.78 is 0. The summed E-state index contributed by atoms with van der Waals surface area (Å²) in [5.41, 5.74) is 1.14. The van der Waals surface area contributed by atoms with Crippen LogP contribution in [0.5, 0.6) is 0 Å². The summed E-state index contributed by atoms with van der Waals surface area (Å²) in [7, 11) is 0. The van der Waals surface area contributed by atoms with E-state index in [1.165, 1.54) is 12.8 Å². The largest absolute Gasteiger partial charge is 0.309 e. The lowest BCUT2D eigenvalue weighted by molar-refractivity contribution is 0.496. The first kappa shape index (κ1) is 11.0. The Morgan fingerprint density at radius 3 is 3.21 bits per heavy atom. The maximum atomic E-state index is 3.90. The minimum atomic E-state index is 0.554. The number of aromatic nitrogens is 2. The molecule has 1 heterocycles. The van der Waals surface area contributed by atoms with E-state index in [4.69, 9.17) is 0 Å². The SMILES string of the molecule is C=CCCCC(C)NCc1ccn[nH]1. The molecule has 3 heteroatoms. The lowest BCUT2D eigenvalue weighted by Crippen LogP contribution is -2.25. The van der Waals surface area contributed by atoms with Crippen molar-refractivity contribution in [2.75, 3.05) is 0 Å². The molecule has 0 aromatic carbocycles. The maximum Gasteiger partial charge on any atom is 0.0490 e. The molecule has 0 fully saturated rings. The van der Waals surface area contributed by atoms with Crippen LogP contribution < -0.4 is 5.32 Å². The number of nitrogens with one attached hydrogen (secondary N) is 2. The van der Waals surface area contributed by atoms with Crippen LogP contribution in [0.1, 0.15) is 31.9 Å². The Kier molecular flexibility index (Phi) is 5.00. The summed E-state index contributed by atoms with van der Waals surface area (Å²) in [6.45, 7) is 6.79. The van der Waals surface area contributed by atoms with Gasteiger partial charge in [0.25, 0.3) is 0 Å². The van der Waals surface area contributed by atoms with Crippen molar-refractivity contribution in [1.82, 2.24) is 15.5 Å². The zero-order valence-corrected chi connectivity index (χ0v) is 8.79. The van der Waals surface area contributed by atoms with E-state index < -0.39 is 0 Å². The fraction of sp³-hybridized carbons (Fsp3) is 0.545. The van der Waals surface area contributed by atoms with E-state index in [0.717, 1.165) is 18.7 Å². The summed E-state index contributed by atoms with van der Waals surface area (Å²) in [6, 6.07) is 2.54. The zero-order chi connectivity index (χ0) is 10.2. The molecule has 0 saturated heterocycles. The van der Waals surface area contributed by atoms with Crippen molar-refractivity contribution < 1.29 is 0 Å². The molecular weight excluding hydrogens is 174 g/mol. The average Bonchev–Trinajstić information content (AvgIpc) is 2.68. The van der Waals surface area contributed by atoms with Crippen LogP contribution in [-0.4, -0.2) is 16.2 Å². The smallest absolute Gasteiger partial charge is 0.0490 e. The lowest BCUT2D eigenvalue weighted by atomic mass is 10.1. The van der Waals surface area contributed by atoms with Gasteiger partial charge in [0.1, 0.15) is 0 Å². The van der Waals surface area contributed by atoms with Gasteiger partial charge >= 0.3 is 0 Å². The van der Waals surface area contributed by atoms with Gasteiger partial charge in [0.2, 0.25) is 0 Å². The van der Waals surface area contributed by atoms with E-state index in [-0.39, 0.29) is 0 Å². The molecular formula is C11H19N3. The number of unbranched alkanes of at least 4 members (excludes halogenated alkanes) is 1. The molecule has 1 aromatic rings. The minimum absolute atomic E-state index is 0.554. The molecule has 1 unspecified atom stereocenters. The van der Waals surface area contributed by atoms with Gasteiger partial charge in [-0.2, -0.15) is 5.10 Å². The molecule has 0 bridgehead atoms. The third-order valence-electron chi connectivity index (χ3n) is 2.24. The van der Waals surface area contributed by atoms with Crippen LogP contribution in [0, 0.1) is 0 Å². The topological polar surface area (TPSA) is 40.7 Å². The van der Waals surface area contributed by atoms with E-state index in [1.807, 2.05) is 12.1 Å². The fourth-order valence-corrected chi connectivity index (χ4v) is 1.34. The van der Waals surface area contributed by atoms with E-state index in [2.05, 4.69) is 29.0 Å². The average molecular weight is 193 g/mol. The molecule has 0 spiro atoms. The molecule has 0 radical (unpaired) electrons. The van der Waals surface area contributed by atoms with Crippen LogP contribution in [0.3, 0.4) is 0 Å². The number of hydrogen-bond donors (Lipinski definition) is 2. The summed E-state index contributed by atoms with van der Waals surface area (Å²) in [5.74, 6) is 0. The monoisotopic (exact) mass is 193 g/mol.